The number of benzene rings is 6. The van der Waals surface area contributed by atoms with Crippen molar-refractivity contribution in [1.82, 2.24) is 0 Å². The van der Waals surface area contributed by atoms with Gasteiger partial charge in [0.15, 0.2) is 0 Å². The van der Waals surface area contributed by atoms with Gasteiger partial charge < -0.3 is 0 Å². The van der Waals surface area contributed by atoms with E-state index in [0.717, 1.165) is 11.6 Å². The smallest absolute Gasteiger partial charge is 0 e. The molecule has 6 atom stereocenters. The molecule has 2 aliphatic rings. The minimum Gasteiger partial charge on any atom is -0.0622 e. The Morgan fingerprint density at radius 2 is 0.852 bits per heavy atom. The molecule has 0 aliphatic heterocycles. The van der Waals surface area contributed by atoms with Crippen LogP contribution in [-0.4, -0.2) is 11.3 Å². The zero-order valence-corrected chi connectivity index (χ0v) is 35.1. The van der Waals surface area contributed by atoms with Crippen LogP contribution < -0.4 is 21.2 Å². The topological polar surface area (TPSA) is 0 Å². The summed E-state index contributed by atoms with van der Waals surface area (Å²) in [6.07, 6.45) is 8.09. The van der Waals surface area contributed by atoms with Gasteiger partial charge >= 0.3 is 0 Å². The molecular formula is C51H56FeP2. The van der Waals surface area contributed by atoms with Crippen LogP contribution in [0.15, 0.2) is 182 Å². The van der Waals surface area contributed by atoms with Gasteiger partial charge in [-0.05, 0) is 108 Å². The summed E-state index contributed by atoms with van der Waals surface area (Å²) in [6.45, 7) is 7.46. The third kappa shape index (κ3) is 9.21. The van der Waals surface area contributed by atoms with Crippen LogP contribution in [0.25, 0.3) is 0 Å². The van der Waals surface area contributed by atoms with Gasteiger partial charge in [0, 0.05) is 17.1 Å². The molecule has 8 rings (SSSR count). The number of rotatable bonds is 10. The van der Waals surface area contributed by atoms with Crippen LogP contribution in [0.2, 0.25) is 0 Å². The molecule has 0 radical (unpaired) electrons. The van der Waals surface area contributed by atoms with Crippen LogP contribution >= 0.6 is 15.8 Å². The Bertz CT molecular complexity index is 1860. The molecule has 6 aromatic rings. The van der Waals surface area contributed by atoms with Crippen molar-refractivity contribution in [2.45, 2.75) is 82.4 Å². The first-order valence-corrected chi connectivity index (χ1v) is 22.8. The molecule has 0 nitrogen and oxygen atoms in total. The van der Waals surface area contributed by atoms with Gasteiger partial charge in [-0.3, -0.25) is 0 Å². The zero-order chi connectivity index (χ0) is 36.5. The number of hydrogen-bond acceptors (Lipinski definition) is 0. The first-order chi connectivity index (χ1) is 26.0. The first-order valence-electron chi connectivity index (χ1n) is 19.9. The standard InChI is InChI=1S/C26H29P.C25H27P.Fe/c1-21(22-13-6-3-7-14-22)26(2)20-12-19-25(26)27(23-15-8-4-9-16-23)24-17-10-5-11-18-24;1-20(21-12-5-2-6-13-21)24-18-11-19-25(24)26(22-14-7-3-8-15-22)23-16-9-4-10-17-23;/h3-11,13-18,21,25H,12,19-20H2,1-2H3;2-10,12-17,20,24-25H,11,18-19H2,1H3;. The van der Waals surface area contributed by atoms with Crippen LogP contribution in [0.1, 0.15) is 82.3 Å². The molecule has 6 unspecified atom stereocenters. The quantitative estimate of drug-likeness (QED) is 0.0958. The molecule has 0 heterocycles. The van der Waals surface area contributed by atoms with Gasteiger partial charge in [0.2, 0.25) is 0 Å². The largest absolute Gasteiger partial charge is 0.0622 e. The fourth-order valence-electron chi connectivity index (χ4n) is 9.50. The maximum atomic E-state index is 2.56. The molecule has 0 spiro atoms. The second-order valence-corrected chi connectivity index (χ2v) is 20.3. The monoisotopic (exact) mass is 786 g/mol. The van der Waals surface area contributed by atoms with Crippen LogP contribution in [0.5, 0.6) is 0 Å². The molecule has 278 valence electrons. The molecule has 0 aromatic heterocycles. The molecule has 6 aromatic carbocycles. The van der Waals surface area contributed by atoms with Crippen LogP contribution in [0.4, 0.5) is 0 Å². The molecule has 2 saturated carbocycles. The minimum atomic E-state index is -0.363. The second-order valence-electron chi connectivity index (χ2n) is 15.5. The average Bonchev–Trinajstić information content (AvgIpc) is 3.87. The summed E-state index contributed by atoms with van der Waals surface area (Å²) >= 11 is 0. The summed E-state index contributed by atoms with van der Waals surface area (Å²) in [7, 11) is -0.677. The molecule has 0 N–H and O–H groups in total. The summed E-state index contributed by atoms with van der Waals surface area (Å²) in [5.74, 6) is 1.97. The van der Waals surface area contributed by atoms with E-state index in [1.807, 2.05) is 0 Å². The molecule has 0 saturated heterocycles. The fraction of sp³-hybridized carbons (Fsp3) is 0.294. The van der Waals surface area contributed by atoms with Crippen LogP contribution in [0.3, 0.4) is 0 Å². The summed E-state index contributed by atoms with van der Waals surface area (Å²) in [5.41, 5.74) is 4.81. The summed E-state index contributed by atoms with van der Waals surface area (Å²) in [5, 5.41) is 6.12. The minimum absolute atomic E-state index is 0. The zero-order valence-electron chi connectivity index (χ0n) is 32.2. The van der Waals surface area contributed by atoms with E-state index in [1.54, 1.807) is 0 Å². The SMILES string of the molecule is CC(c1ccccc1)C1(C)CCCC1P(c1ccccc1)c1ccccc1.CC(c1ccccc1)C1CCCC1P(c1ccccc1)c1ccccc1.[Fe]. The predicted molar refractivity (Wildman–Crippen MR) is 235 cm³/mol. The third-order valence-corrected chi connectivity index (χ3v) is 18.7. The van der Waals surface area contributed by atoms with Gasteiger partial charge in [0.25, 0.3) is 0 Å². The first kappa shape index (κ1) is 40.4. The Balaban J connectivity index is 0.000000181. The van der Waals surface area contributed by atoms with Crippen LogP contribution in [0, 0.1) is 11.3 Å². The third-order valence-electron chi connectivity index (χ3n) is 12.5. The molecule has 0 amide bonds. The van der Waals surface area contributed by atoms with E-state index in [-0.39, 0.29) is 32.9 Å². The Kier molecular flexibility index (Phi) is 14.6. The Morgan fingerprint density at radius 1 is 0.463 bits per heavy atom. The average molecular weight is 787 g/mol. The van der Waals surface area contributed by atoms with E-state index in [4.69, 9.17) is 0 Å². The van der Waals surface area contributed by atoms with Crippen LogP contribution in [-0.2, 0) is 17.1 Å². The Hall–Kier alpha value is -3.30. The van der Waals surface area contributed by atoms with E-state index in [0.29, 0.717) is 22.9 Å². The molecule has 0 bridgehead atoms. The van der Waals surface area contributed by atoms with Crippen molar-refractivity contribution < 1.29 is 17.1 Å². The van der Waals surface area contributed by atoms with Crippen molar-refractivity contribution in [1.29, 1.82) is 0 Å². The van der Waals surface area contributed by atoms with Gasteiger partial charge in [-0.1, -0.05) is 216 Å². The van der Waals surface area contributed by atoms with Gasteiger partial charge in [-0.15, -0.1) is 0 Å². The maximum Gasteiger partial charge on any atom is 0 e. The predicted octanol–water partition coefficient (Wildman–Crippen LogP) is 12.6. The van der Waals surface area contributed by atoms with Gasteiger partial charge in [0.05, 0.1) is 0 Å². The van der Waals surface area contributed by atoms with Gasteiger partial charge in [-0.2, -0.15) is 0 Å². The van der Waals surface area contributed by atoms with Crippen molar-refractivity contribution in [3.05, 3.63) is 193 Å². The van der Waals surface area contributed by atoms with Crippen molar-refractivity contribution in [3.63, 3.8) is 0 Å². The Labute approximate surface area is 339 Å². The van der Waals surface area contributed by atoms with Crippen molar-refractivity contribution >= 4 is 37.1 Å². The Morgan fingerprint density at radius 3 is 1.30 bits per heavy atom. The number of hydrogen-bond donors (Lipinski definition) is 0. The summed E-state index contributed by atoms with van der Waals surface area (Å²) in [6, 6.07) is 67.3. The molecular weight excluding hydrogens is 730 g/mol. The van der Waals surface area contributed by atoms with E-state index >= 15 is 0 Å². The fourth-order valence-corrected chi connectivity index (χ4v) is 16.2. The summed E-state index contributed by atoms with van der Waals surface area (Å²) < 4.78 is 0. The summed E-state index contributed by atoms with van der Waals surface area (Å²) in [4.78, 5) is 0. The van der Waals surface area contributed by atoms with E-state index in [2.05, 4.69) is 203 Å². The van der Waals surface area contributed by atoms with E-state index in [1.165, 1.54) is 70.9 Å². The normalized spacial score (nSPS) is 21.8. The molecule has 2 fully saturated rings. The second kappa shape index (κ2) is 19.5. The van der Waals surface area contributed by atoms with Crippen molar-refractivity contribution in [2.24, 2.45) is 11.3 Å². The maximum absolute atomic E-state index is 2.56. The van der Waals surface area contributed by atoms with Crippen molar-refractivity contribution in [2.75, 3.05) is 0 Å². The van der Waals surface area contributed by atoms with Gasteiger partial charge in [0.1, 0.15) is 0 Å². The van der Waals surface area contributed by atoms with Crippen molar-refractivity contribution in [3.8, 4) is 0 Å². The molecule has 3 heteroatoms. The molecule has 2 aliphatic carbocycles. The van der Waals surface area contributed by atoms with Gasteiger partial charge in [-0.25, -0.2) is 0 Å². The molecule has 54 heavy (non-hydrogen) atoms. The van der Waals surface area contributed by atoms with E-state index in [9.17, 15) is 0 Å². The van der Waals surface area contributed by atoms with E-state index < -0.39 is 0 Å².